The van der Waals surface area contributed by atoms with Gasteiger partial charge >= 0.3 is 0 Å². The summed E-state index contributed by atoms with van der Waals surface area (Å²) in [6, 6.07) is -0.607. The Morgan fingerprint density at radius 1 is 1.40 bits per heavy atom. The fourth-order valence-electron chi connectivity index (χ4n) is 0.706. The van der Waals surface area contributed by atoms with Crippen LogP contribution in [0.1, 0.15) is 6.92 Å². The molecular weight excluding hydrogens is 198 g/mol. The lowest BCUT2D eigenvalue weighted by Gasteiger charge is -2.14. The lowest BCUT2D eigenvalue weighted by atomic mass is 10.3. The molecule has 0 saturated carbocycles. The van der Waals surface area contributed by atoms with Crippen LogP contribution in [0.5, 0.6) is 0 Å². The third-order valence-electron chi connectivity index (χ3n) is 1.62. The minimum absolute atomic E-state index is 0.324. The minimum Gasteiger partial charge on any atom is -0.375 e. The first-order chi connectivity index (χ1) is 6.88. The van der Waals surface area contributed by atoms with Crippen molar-refractivity contribution in [2.24, 2.45) is 11.5 Å². The number of amides is 2. The second kappa shape index (κ2) is 5.63. The Balaban J connectivity index is 4.56. The average molecular weight is 213 g/mol. The van der Waals surface area contributed by atoms with E-state index < -0.39 is 17.9 Å². The van der Waals surface area contributed by atoms with E-state index in [-0.39, 0.29) is 5.71 Å². The van der Waals surface area contributed by atoms with E-state index in [9.17, 15) is 9.59 Å². The summed E-state index contributed by atoms with van der Waals surface area (Å²) in [5.74, 6) is -1.07. The smallest absolute Gasteiger partial charge is 0.266 e. The lowest BCUT2D eigenvalue weighted by Crippen LogP contribution is -2.41. The summed E-state index contributed by atoms with van der Waals surface area (Å²) < 4.78 is 0. The van der Waals surface area contributed by atoms with Gasteiger partial charge in [0, 0.05) is 13.1 Å². The van der Waals surface area contributed by atoms with E-state index in [1.165, 1.54) is 6.08 Å². The highest BCUT2D eigenvalue weighted by atomic mass is 16.1. The van der Waals surface area contributed by atoms with Gasteiger partial charge in [-0.3, -0.25) is 15.0 Å². The molecule has 84 valence electrons. The Bertz CT molecular complexity index is 310. The van der Waals surface area contributed by atoms with Gasteiger partial charge in [0.25, 0.3) is 5.91 Å². The van der Waals surface area contributed by atoms with Crippen LogP contribution in [-0.2, 0) is 9.59 Å². The Morgan fingerprint density at radius 2 is 1.93 bits per heavy atom. The molecule has 0 aromatic rings. The van der Waals surface area contributed by atoms with Gasteiger partial charge in [0.05, 0.1) is 0 Å². The molecule has 0 aliphatic rings. The van der Waals surface area contributed by atoms with Crippen LogP contribution >= 0.6 is 0 Å². The largest absolute Gasteiger partial charge is 0.375 e. The fraction of sp³-hybridized carbons (Fsp3) is 0.375. The van der Waals surface area contributed by atoms with Gasteiger partial charge < -0.3 is 22.1 Å². The van der Waals surface area contributed by atoms with Crippen molar-refractivity contribution in [2.75, 3.05) is 7.05 Å². The van der Waals surface area contributed by atoms with Crippen molar-refractivity contribution in [1.82, 2.24) is 10.6 Å². The molecule has 7 heteroatoms. The number of nitrogens with two attached hydrogens (primary N) is 2. The molecule has 2 amide bonds. The molecule has 0 spiro atoms. The quantitative estimate of drug-likeness (QED) is 0.327. The Labute approximate surface area is 87.4 Å². The summed E-state index contributed by atoms with van der Waals surface area (Å²) in [5, 5.41) is 12.5. The van der Waals surface area contributed by atoms with Gasteiger partial charge in [-0.1, -0.05) is 0 Å². The third kappa shape index (κ3) is 4.65. The summed E-state index contributed by atoms with van der Waals surface area (Å²) in [7, 11) is 1.57. The zero-order valence-corrected chi connectivity index (χ0v) is 8.63. The molecule has 15 heavy (non-hydrogen) atoms. The number of hydrogen-bond donors (Lipinski definition) is 5. The summed E-state index contributed by atoms with van der Waals surface area (Å²) in [4.78, 5) is 21.3. The van der Waals surface area contributed by atoms with Crippen molar-refractivity contribution >= 4 is 17.5 Å². The molecule has 7 N–H and O–H groups in total. The Hall–Kier alpha value is -2.05. The topological polar surface area (TPSA) is 134 Å². The number of nitrogens with one attached hydrogen (secondary N) is 3. The van der Waals surface area contributed by atoms with Gasteiger partial charge in [0.2, 0.25) is 5.91 Å². The minimum atomic E-state index is -0.851. The molecule has 1 atom stereocenters. The van der Waals surface area contributed by atoms with Crippen LogP contribution in [0.2, 0.25) is 0 Å². The molecule has 0 aromatic carbocycles. The molecule has 0 radical (unpaired) electrons. The van der Waals surface area contributed by atoms with Gasteiger partial charge in [0.1, 0.15) is 17.6 Å². The molecule has 0 saturated heterocycles. The standard InChI is InChI=1S/C8H15N5O2/c1-4(7(10)14)13-6(12-2)3-5(9)8(11)15/h3-4,9,12-13H,1-2H3,(H2,10,14)(H2,11,15)/b6-3+,9-5?/t4-/m0/s1. The number of carbonyl (C=O) groups excluding carboxylic acids is 2. The first-order valence-corrected chi connectivity index (χ1v) is 4.22. The van der Waals surface area contributed by atoms with Crippen molar-refractivity contribution in [3.05, 3.63) is 11.9 Å². The highest BCUT2D eigenvalue weighted by Gasteiger charge is 2.10. The predicted molar refractivity (Wildman–Crippen MR) is 55.9 cm³/mol. The van der Waals surface area contributed by atoms with Gasteiger partial charge in [0.15, 0.2) is 0 Å². The number of carbonyl (C=O) groups is 2. The van der Waals surface area contributed by atoms with Gasteiger partial charge in [-0.15, -0.1) is 0 Å². The van der Waals surface area contributed by atoms with E-state index in [1.54, 1.807) is 14.0 Å². The second-order valence-corrected chi connectivity index (χ2v) is 2.85. The SMILES string of the molecule is CN/C(=C\C(=N)C(N)=O)N[C@@H](C)C(N)=O. The van der Waals surface area contributed by atoms with Crippen molar-refractivity contribution in [3.63, 3.8) is 0 Å². The molecule has 7 nitrogen and oxygen atoms in total. The molecule has 0 bridgehead atoms. The molecular formula is C8H15N5O2. The second-order valence-electron chi connectivity index (χ2n) is 2.85. The molecule has 0 rings (SSSR count). The van der Waals surface area contributed by atoms with E-state index in [0.29, 0.717) is 5.82 Å². The number of hydrogen-bond acceptors (Lipinski definition) is 5. The van der Waals surface area contributed by atoms with Crippen LogP contribution in [0.3, 0.4) is 0 Å². The van der Waals surface area contributed by atoms with Gasteiger partial charge in [-0.25, -0.2) is 0 Å². The van der Waals surface area contributed by atoms with Crippen LogP contribution in [0.4, 0.5) is 0 Å². The van der Waals surface area contributed by atoms with Crippen LogP contribution in [0.15, 0.2) is 11.9 Å². The van der Waals surface area contributed by atoms with E-state index >= 15 is 0 Å². The van der Waals surface area contributed by atoms with Crippen molar-refractivity contribution < 1.29 is 9.59 Å². The van der Waals surface area contributed by atoms with Gasteiger partial charge in [-0.2, -0.15) is 0 Å². The maximum absolute atomic E-state index is 10.7. The van der Waals surface area contributed by atoms with E-state index in [4.69, 9.17) is 16.9 Å². The zero-order valence-electron chi connectivity index (χ0n) is 8.63. The van der Waals surface area contributed by atoms with E-state index in [2.05, 4.69) is 10.6 Å². The Kier molecular flexibility index (Phi) is 4.86. The maximum Gasteiger partial charge on any atom is 0.266 e. The van der Waals surface area contributed by atoms with Crippen molar-refractivity contribution in [2.45, 2.75) is 13.0 Å². The normalized spacial score (nSPS) is 12.8. The van der Waals surface area contributed by atoms with Crippen molar-refractivity contribution in [1.29, 1.82) is 5.41 Å². The number of rotatable bonds is 6. The van der Waals surface area contributed by atoms with Gasteiger partial charge in [-0.05, 0) is 6.92 Å². The first kappa shape index (κ1) is 12.9. The Morgan fingerprint density at radius 3 is 2.27 bits per heavy atom. The monoisotopic (exact) mass is 213 g/mol. The van der Waals surface area contributed by atoms with E-state index in [0.717, 1.165) is 0 Å². The summed E-state index contributed by atoms with van der Waals surface area (Å²) in [5.41, 5.74) is 9.53. The fourth-order valence-corrected chi connectivity index (χ4v) is 0.706. The molecule has 0 heterocycles. The predicted octanol–water partition coefficient (Wildman–Crippen LogP) is -1.98. The van der Waals surface area contributed by atoms with Crippen molar-refractivity contribution in [3.8, 4) is 0 Å². The first-order valence-electron chi connectivity index (χ1n) is 4.22. The third-order valence-corrected chi connectivity index (χ3v) is 1.62. The van der Waals surface area contributed by atoms with Crippen LogP contribution in [-0.4, -0.2) is 30.6 Å². The van der Waals surface area contributed by atoms with Crippen LogP contribution in [0, 0.1) is 5.41 Å². The lowest BCUT2D eigenvalue weighted by molar-refractivity contribution is -0.119. The molecule has 0 fully saturated rings. The maximum atomic E-state index is 10.7. The highest BCUT2D eigenvalue weighted by Crippen LogP contribution is 1.88. The molecule has 0 aromatic heterocycles. The molecule has 0 aliphatic carbocycles. The summed E-state index contributed by atoms with van der Waals surface area (Å²) >= 11 is 0. The summed E-state index contributed by atoms with van der Waals surface area (Å²) in [6.07, 6.45) is 1.18. The average Bonchev–Trinajstić information content (AvgIpc) is 2.15. The molecule has 0 unspecified atom stereocenters. The summed E-state index contributed by atoms with van der Waals surface area (Å²) in [6.45, 7) is 1.56. The molecule has 0 aliphatic heterocycles. The van der Waals surface area contributed by atoms with Crippen LogP contribution in [0.25, 0.3) is 0 Å². The van der Waals surface area contributed by atoms with E-state index in [1.807, 2.05) is 0 Å². The zero-order chi connectivity index (χ0) is 12.0. The van der Waals surface area contributed by atoms with Crippen LogP contribution < -0.4 is 22.1 Å². The number of primary amides is 2. The highest BCUT2D eigenvalue weighted by molar-refractivity contribution is 6.41.